The minimum absolute atomic E-state index is 0.0669. The molecule has 3 heterocycles. The number of ether oxygens (including phenoxy) is 1. The highest BCUT2D eigenvalue weighted by atomic mass is 31.3. The number of phosphoric ester groups is 1. The van der Waals surface area contributed by atoms with Crippen LogP contribution in [0, 0.1) is 0 Å². The molecule has 1 saturated heterocycles. The number of hydrogen-bond donors (Lipinski definition) is 9. The molecule has 6 unspecified atom stereocenters. The highest BCUT2D eigenvalue weighted by Gasteiger charge is 2.49. The second-order valence-electron chi connectivity index (χ2n) is 6.00. The SMILES string of the molecule is Nc1ncnc2c1NNN2C1OC(COP(=O)(O)OP(=O)(O)OP(=O)(O)O)C(O)C1O. The molecule has 1 aromatic heterocycles. The molecule has 0 radical (unpaired) electrons. The fourth-order valence-electron chi connectivity index (χ4n) is 2.60. The third kappa shape index (κ3) is 5.75. The van der Waals surface area contributed by atoms with Crippen LogP contribution >= 0.6 is 23.5 Å². The predicted octanol–water partition coefficient (Wildman–Crippen LogP) is -2.50. The standard InChI is InChI=1S/C9H17N6O13P3/c10-7-4-8(12-2-11-7)15(14-13-4)9-6(17)5(16)3(26-9)1-25-30(21,22)28-31(23,24)27-29(18,19)20/h2-3,5-6,9,13-14,16-17H,1H2,(H,21,22)(H,23,24)(H2,10,11,12)(H2,18,19,20). The number of aliphatic hydroxyl groups excluding tert-OH is 2. The Hall–Kier alpha value is -1.27. The fraction of sp³-hybridized carbons (Fsp3) is 0.556. The number of aliphatic hydroxyl groups is 2. The first-order chi connectivity index (χ1) is 14.2. The molecule has 2 aliphatic heterocycles. The maximum absolute atomic E-state index is 11.8. The Morgan fingerprint density at radius 2 is 1.77 bits per heavy atom. The molecular formula is C9H17N6O13P3. The zero-order chi connectivity index (χ0) is 23.2. The molecule has 3 rings (SSSR count). The van der Waals surface area contributed by atoms with Gasteiger partial charge in [-0.2, -0.15) is 8.62 Å². The number of rotatable bonds is 8. The first-order valence-electron chi connectivity index (χ1n) is 7.90. The molecule has 22 heteroatoms. The van der Waals surface area contributed by atoms with E-state index in [-0.39, 0.29) is 17.3 Å². The Kier molecular flexibility index (Phi) is 6.75. The van der Waals surface area contributed by atoms with Crippen molar-refractivity contribution in [2.24, 2.45) is 0 Å². The fourth-order valence-corrected chi connectivity index (χ4v) is 5.63. The van der Waals surface area contributed by atoms with E-state index < -0.39 is 54.6 Å². The van der Waals surface area contributed by atoms with Gasteiger partial charge in [0.05, 0.1) is 6.61 Å². The lowest BCUT2D eigenvalue weighted by Gasteiger charge is -2.26. The maximum Gasteiger partial charge on any atom is 0.490 e. The smallest absolute Gasteiger partial charge is 0.387 e. The third-order valence-corrected chi connectivity index (χ3v) is 7.60. The Morgan fingerprint density at radius 1 is 1.10 bits per heavy atom. The Labute approximate surface area is 172 Å². The van der Waals surface area contributed by atoms with Crippen LogP contribution in [0.15, 0.2) is 6.33 Å². The first kappa shape index (κ1) is 24.4. The van der Waals surface area contributed by atoms with Gasteiger partial charge in [-0.25, -0.2) is 28.7 Å². The van der Waals surface area contributed by atoms with Gasteiger partial charge in [-0.15, -0.1) is 5.53 Å². The molecule has 1 fully saturated rings. The van der Waals surface area contributed by atoms with Crippen molar-refractivity contribution in [2.75, 3.05) is 22.8 Å². The lowest BCUT2D eigenvalue weighted by molar-refractivity contribution is -0.0239. The van der Waals surface area contributed by atoms with Crippen LogP contribution in [0.3, 0.4) is 0 Å². The van der Waals surface area contributed by atoms with Gasteiger partial charge in [0.25, 0.3) is 0 Å². The second-order valence-corrected chi connectivity index (χ2v) is 10.4. The molecule has 0 saturated carbocycles. The van der Waals surface area contributed by atoms with E-state index in [0.717, 1.165) is 11.3 Å². The topological polar surface area (TPSA) is 289 Å². The molecule has 31 heavy (non-hydrogen) atoms. The van der Waals surface area contributed by atoms with E-state index in [0.29, 0.717) is 0 Å². The number of anilines is 3. The molecule has 176 valence electrons. The highest BCUT2D eigenvalue weighted by Crippen LogP contribution is 2.66. The van der Waals surface area contributed by atoms with Gasteiger partial charge in [-0.3, -0.25) is 9.95 Å². The molecule has 1 aromatic rings. The number of hydrogen-bond acceptors (Lipinski definition) is 15. The summed E-state index contributed by atoms with van der Waals surface area (Å²) in [5.74, 6) is 0.217. The van der Waals surface area contributed by atoms with Crippen molar-refractivity contribution in [1.82, 2.24) is 15.5 Å². The van der Waals surface area contributed by atoms with Gasteiger partial charge >= 0.3 is 23.5 Å². The average Bonchev–Trinajstić information content (AvgIpc) is 3.13. The largest absolute Gasteiger partial charge is 0.490 e. The van der Waals surface area contributed by atoms with Gasteiger partial charge in [-0.05, 0) is 0 Å². The monoisotopic (exact) mass is 510 g/mol. The number of hydrazine groups is 2. The van der Waals surface area contributed by atoms with Crippen LogP contribution in [0.5, 0.6) is 0 Å². The number of nitrogens with one attached hydrogen (secondary N) is 2. The molecule has 10 N–H and O–H groups in total. The van der Waals surface area contributed by atoms with Crippen molar-refractivity contribution < 1.29 is 61.4 Å². The van der Waals surface area contributed by atoms with Crippen LogP contribution in [0.25, 0.3) is 0 Å². The minimum atomic E-state index is -5.70. The summed E-state index contributed by atoms with van der Waals surface area (Å²) >= 11 is 0. The van der Waals surface area contributed by atoms with E-state index in [1.54, 1.807) is 0 Å². The third-order valence-electron chi connectivity index (χ3n) is 3.80. The normalized spacial score (nSPS) is 29.8. The summed E-state index contributed by atoms with van der Waals surface area (Å²) in [6, 6.07) is 0. The van der Waals surface area contributed by atoms with Crippen molar-refractivity contribution in [3.05, 3.63) is 6.33 Å². The number of nitrogens with zero attached hydrogens (tertiary/aromatic N) is 3. The van der Waals surface area contributed by atoms with E-state index >= 15 is 0 Å². The minimum Gasteiger partial charge on any atom is -0.387 e. The summed E-state index contributed by atoms with van der Waals surface area (Å²) in [5, 5.41) is 21.5. The van der Waals surface area contributed by atoms with Crippen molar-refractivity contribution in [3.8, 4) is 0 Å². The van der Waals surface area contributed by atoms with Crippen LogP contribution < -0.4 is 21.7 Å². The molecule has 0 bridgehead atoms. The number of phosphoric acid groups is 3. The van der Waals surface area contributed by atoms with Crippen molar-refractivity contribution in [3.63, 3.8) is 0 Å². The van der Waals surface area contributed by atoms with Crippen LogP contribution in [0.1, 0.15) is 0 Å². The van der Waals surface area contributed by atoms with Gasteiger partial charge in [0.2, 0.25) is 0 Å². The van der Waals surface area contributed by atoms with E-state index in [9.17, 15) is 28.8 Å². The summed E-state index contributed by atoms with van der Waals surface area (Å²) in [4.78, 5) is 43.3. The van der Waals surface area contributed by atoms with Gasteiger partial charge in [0.1, 0.15) is 30.3 Å². The van der Waals surface area contributed by atoms with Crippen LogP contribution in [0.2, 0.25) is 0 Å². The van der Waals surface area contributed by atoms with E-state index in [2.05, 4.69) is 34.1 Å². The molecule has 2 aliphatic rings. The molecule has 0 aromatic carbocycles. The highest BCUT2D eigenvalue weighted by molar-refractivity contribution is 7.66. The average molecular weight is 510 g/mol. The summed E-state index contributed by atoms with van der Waals surface area (Å²) in [6.45, 7) is -0.960. The van der Waals surface area contributed by atoms with Crippen LogP contribution in [-0.2, 0) is 31.6 Å². The van der Waals surface area contributed by atoms with E-state index in [1.165, 1.54) is 0 Å². The molecule has 0 spiro atoms. The van der Waals surface area contributed by atoms with Gasteiger partial charge in [0.15, 0.2) is 17.9 Å². The lowest BCUT2D eigenvalue weighted by atomic mass is 10.1. The molecule has 6 atom stereocenters. The zero-order valence-corrected chi connectivity index (χ0v) is 17.6. The van der Waals surface area contributed by atoms with Gasteiger partial charge in [-0.1, -0.05) is 0 Å². The molecular weight excluding hydrogens is 493 g/mol. The predicted molar refractivity (Wildman–Crippen MR) is 96.2 cm³/mol. The summed E-state index contributed by atoms with van der Waals surface area (Å²) in [7, 11) is -16.7. The first-order valence-corrected chi connectivity index (χ1v) is 12.4. The summed E-state index contributed by atoms with van der Waals surface area (Å²) in [6.07, 6.45) is -4.93. The second kappa shape index (κ2) is 8.58. The van der Waals surface area contributed by atoms with E-state index in [1.807, 2.05) is 0 Å². The Balaban J connectivity index is 1.64. The summed E-state index contributed by atoms with van der Waals surface area (Å²) in [5.41, 5.74) is 11.1. The number of aromatic nitrogens is 2. The van der Waals surface area contributed by atoms with Crippen LogP contribution in [0.4, 0.5) is 17.3 Å². The van der Waals surface area contributed by atoms with Gasteiger partial charge < -0.3 is 40.3 Å². The molecule has 19 nitrogen and oxygen atoms in total. The Morgan fingerprint density at radius 3 is 2.42 bits per heavy atom. The zero-order valence-electron chi connectivity index (χ0n) is 14.9. The van der Waals surface area contributed by atoms with Crippen molar-refractivity contribution in [2.45, 2.75) is 24.5 Å². The van der Waals surface area contributed by atoms with Crippen molar-refractivity contribution >= 4 is 40.8 Å². The number of nitrogens with two attached hydrogens (primary N) is 1. The van der Waals surface area contributed by atoms with E-state index in [4.69, 9.17) is 25.2 Å². The van der Waals surface area contributed by atoms with Crippen LogP contribution in [-0.4, -0.2) is 70.9 Å². The molecule has 0 aliphatic carbocycles. The quantitative estimate of drug-likeness (QED) is 0.163. The van der Waals surface area contributed by atoms with Crippen molar-refractivity contribution in [1.29, 1.82) is 0 Å². The molecule has 0 amide bonds. The maximum atomic E-state index is 11.8. The van der Waals surface area contributed by atoms with Gasteiger partial charge in [0, 0.05) is 0 Å². The Bertz CT molecular complexity index is 976. The lowest BCUT2D eigenvalue weighted by Crippen LogP contribution is -2.50. The number of nitrogen functional groups attached to an aromatic ring is 1. The summed E-state index contributed by atoms with van der Waals surface area (Å²) < 4.78 is 50.6. The number of fused-ring (bicyclic) bond motifs is 1.